The van der Waals surface area contributed by atoms with E-state index >= 15 is 0 Å². The number of hydrogen-bond donors (Lipinski definition) is 1. The molecule has 0 amide bonds. The van der Waals surface area contributed by atoms with Crippen LogP contribution in [0, 0.1) is 5.41 Å². The molecule has 0 aliphatic carbocycles. The van der Waals surface area contributed by atoms with Crippen LogP contribution in [0.2, 0.25) is 0 Å². The van der Waals surface area contributed by atoms with Crippen molar-refractivity contribution in [2.24, 2.45) is 5.41 Å². The van der Waals surface area contributed by atoms with Crippen LogP contribution in [0.3, 0.4) is 0 Å². The molecule has 2 heterocycles. The Hall–Kier alpha value is -0.380. The molecule has 116 valence electrons. The molecule has 0 aromatic heterocycles. The second-order valence-corrected chi connectivity index (χ2v) is 7.92. The SMILES string of the molecule is CCC1(C)CC2(CCNCC2c2ccc(Br)cc2)CCO1. The first-order chi connectivity index (χ1) is 10.1. The molecule has 0 bridgehead atoms. The minimum atomic E-state index is 0.0587. The standard InChI is InChI=1S/C18H26BrNO/c1-3-17(2)13-18(9-11-21-17)8-10-20-12-16(18)14-4-6-15(19)7-5-14/h4-7,16,20H,3,8-13H2,1-2H3. The summed E-state index contributed by atoms with van der Waals surface area (Å²) in [6.45, 7) is 7.72. The molecule has 3 heteroatoms. The summed E-state index contributed by atoms with van der Waals surface area (Å²) in [5.74, 6) is 0.606. The van der Waals surface area contributed by atoms with Crippen molar-refractivity contribution >= 4 is 15.9 Å². The summed E-state index contributed by atoms with van der Waals surface area (Å²) in [6, 6.07) is 8.94. The van der Waals surface area contributed by atoms with Crippen LogP contribution in [0.4, 0.5) is 0 Å². The van der Waals surface area contributed by atoms with Gasteiger partial charge in [-0.2, -0.15) is 0 Å². The van der Waals surface area contributed by atoms with Crippen molar-refractivity contribution in [2.45, 2.75) is 51.0 Å². The van der Waals surface area contributed by atoms with E-state index in [1.54, 1.807) is 0 Å². The zero-order valence-corrected chi connectivity index (χ0v) is 14.7. The first-order valence-corrected chi connectivity index (χ1v) is 8.96. The van der Waals surface area contributed by atoms with Gasteiger partial charge in [0.15, 0.2) is 0 Å². The third-order valence-electron chi connectivity index (χ3n) is 5.68. The largest absolute Gasteiger partial charge is 0.375 e. The molecule has 1 spiro atoms. The van der Waals surface area contributed by atoms with Gasteiger partial charge in [-0.25, -0.2) is 0 Å². The van der Waals surface area contributed by atoms with E-state index in [0.717, 1.165) is 30.6 Å². The second kappa shape index (κ2) is 6.02. The van der Waals surface area contributed by atoms with E-state index in [9.17, 15) is 0 Å². The van der Waals surface area contributed by atoms with Crippen LogP contribution in [0.5, 0.6) is 0 Å². The normalized spacial score (nSPS) is 36.8. The Balaban J connectivity index is 1.92. The molecule has 2 nitrogen and oxygen atoms in total. The molecule has 21 heavy (non-hydrogen) atoms. The van der Waals surface area contributed by atoms with Gasteiger partial charge in [0.2, 0.25) is 0 Å². The van der Waals surface area contributed by atoms with E-state index < -0.39 is 0 Å². The maximum atomic E-state index is 6.12. The fourth-order valence-electron chi connectivity index (χ4n) is 4.26. The van der Waals surface area contributed by atoms with Gasteiger partial charge in [0.05, 0.1) is 5.60 Å². The predicted octanol–water partition coefficient (Wildman–Crippen LogP) is 4.49. The van der Waals surface area contributed by atoms with Crippen molar-refractivity contribution in [3.63, 3.8) is 0 Å². The molecule has 1 N–H and O–H groups in total. The van der Waals surface area contributed by atoms with Crippen LogP contribution in [-0.2, 0) is 4.74 Å². The third kappa shape index (κ3) is 3.06. The first-order valence-electron chi connectivity index (χ1n) is 8.17. The highest BCUT2D eigenvalue weighted by atomic mass is 79.9. The lowest BCUT2D eigenvalue weighted by molar-refractivity contribution is -0.130. The van der Waals surface area contributed by atoms with Crippen molar-refractivity contribution in [1.82, 2.24) is 5.32 Å². The Morgan fingerprint density at radius 3 is 2.76 bits per heavy atom. The topological polar surface area (TPSA) is 21.3 Å². The molecule has 0 radical (unpaired) electrons. The highest BCUT2D eigenvalue weighted by Crippen LogP contribution is 2.52. The number of ether oxygens (including phenoxy) is 1. The molecular formula is C18H26BrNO. The lowest BCUT2D eigenvalue weighted by Gasteiger charge is -2.52. The average molecular weight is 352 g/mol. The van der Waals surface area contributed by atoms with Crippen molar-refractivity contribution < 1.29 is 4.74 Å². The van der Waals surface area contributed by atoms with Crippen LogP contribution in [0.15, 0.2) is 28.7 Å². The maximum Gasteiger partial charge on any atom is 0.0657 e. The summed E-state index contributed by atoms with van der Waals surface area (Å²) >= 11 is 3.55. The smallest absolute Gasteiger partial charge is 0.0657 e. The molecular weight excluding hydrogens is 326 g/mol. The number of halogens is 1. The zero-order chi connectivity index (χ0) is 14.9. The highest BCUT2D eigenvalue weighted by Gasteiger charge is 2.48. The highest BCUT2D eigenvalue weighted by molar-refractivity contribution is 9.10. The fourth-order valence-corrected chi connectivity index (χ4v) is 4.53. The summed E-state index contributed by atoms with van der Waals surface area (Å²) < 4.78 is 7.28. The number of nitrogens with one attached hydrogen (secondary N) is 1. The van der Waals surface area contributed by atoms with E-state index in [0.29, 0.717) is 11.3 Å². The van der Waals surface area contributed by atoms with E-state index in [1.165, 1.54) is 24.8 Å². The van der Waals surface area contributed by atoms with Crippen LogP contribution in [0.1, 0.15) is 51.0 Å². The first kappa shape index (κ1) is 15.5. The number of benzene rings is 1. The summed E-state index contributed by atoms with van der Waals surface area (Å²) in [5, 5.41) is 3.61. The number of rotatable bonds is 2. The van der Waals surface area contributed by atoms with Crippen LogP contribution in [0.25, 0.3) is 0 Å². The molecule has 1 aromatic rings. The van der Waals surface area contributed by atoms with Gasteiger partial charge >= 0.3 is 0 Å². The Morgan fingerprint density at radius 1 is 1.29 bits per heavy atom. The lowest BCUT2D eigenvalue weighted by Crippen LogP contribution is -2.51. The van der Waals surface area contributed by atoms with Gasteiger partial charge in [0, 0.05) is 23.5 Å². The quantitative estimate of drug-likeness (QED) is 0.847. The molecule has 1 aromatic carbocycles. The molecule has 2 aliphatic heterocycles. The van der Waals surface area contributed by atoms with Crippen molar-refractivity contribution in [3.8, 4) is 0 Å². The Morgan fingerprint density at radius 2 is 2.05 bits per heavy atom. The van der Waals surface area contributed by atoms with Crippen molar-refractivity contribution in [2.75, 3.05) is 19.7 Å². The van der Waals surface area contributed by atoms with Crippen LogP contribution < -0.4 is 5.32 Å². The summed E-state index contributed by atoms with van der Waals surface area (Å²) in [4.78, 5) is 0. The van der Waals surface area contributed by atoms with Gasteiger partial charge < -0.3 is 10.1 Å². The van der Waals surface area contributed by atoms with Crippen molar-refractivity contribution in [1.29, 1.82) is 0 Å². The van der Waals surface area contributed by atoms with Gasteiger partial charge in [-0.1, -0.05) is 35.0 Å². The van der Waals surface area contributed by atoms with Gasteiger partial charge in [-0.15, -0.1) is 0 Å². The van der Waals surface area contributed by atoms with Crippen molar-refractivity contribution in [3.05, 3.63) is 34.3 Å². The molecule has 3 rings (SSSR count). The molecule has 2 saturated heterocycles. The maximum absolute atomic E-state index is 6.12. The summed E-state index contributed by atoms with van der Waals surface area (Å²) in [7, 11) is 0. The third-order valence-corrected chi connectivity index (χ3v) is 6.21. The molecule has 3 atom stereocenters. The average Bonchev–Trinajstić information content (AvgIpc) is 2.49. The van der Waals surface area contributed by atoms with E-state index in [4.69, 9.17) is 4.74 Å². The van der Waals surface area contributed by atoms with Gasteiger partial charge in [-0.3, -0.25) is 0 Å². The Bertz CT molecular complexity index is 484. The lowest BCUT2D eigenvalue weighted by atomic mass is 9.60. The minimum Gasteiger partial charge on any atom is -0.375 e. The van der Waals surface area contributed by atoms with E-state index in [-0.39, 0.29) is 5.60 Å². The fraction of sp³-hybridized carbons (Fsp3) is 0.667. The number of piperidine rings is 1. The Labute approximate surface area is 136 Å². The van der Waals surface area contributed by atoms with Gasteiger partial charge in [-0.05, 0) is 62.3 Å². The molecule has 0 saturated carbocycles. The monoisotopic (exact) mass is 351 g/mol. The molecule has 2 fully saturated rings. The Kier molecular flexibility index (Phi) is 4.45. The second-order valence-electron chi connectivity index (χ2n) is 7.00. The molecule has 3 unspecified atom stereocenters. The molecule has 2 aliphatic rings. The van der Waals surface area contributed by atoms with E-state index in [1.807, 2.05) is 0 Å². The van der Waals surface area contributed by atoms with Crippen LogP contribution in [-0.4, -0.2) is 25.3 Å². The summed E-state index contributed by atoms with van der Waals surface area (Å²) in [6.07, 6.45) is 4.77. The van der Waals surface area contributed by atoms with Crippen LogP contribution >= 0.6 is 15.9 Å². The summed E-state index contributed by atoms with van der Waals surface area (Å²) in [5.41, 5.74) is 1.94. The van der Waals surface area contributed by atoms with E-state index in [2.05, 4.69) is 59.4 Å². The predicted molar refractivity (Wildman–Crippen MR) is 90.7 cm³/mol. The minimum absolute atomic E-state index is 0.0587. The zero-order valence-electron chi connectivity index (χ0n) is 13.1. The van der Waals surface area contributed by atoms with Gasteiger partial charge in [0.25, 0.3) is 0 Å². The number of hydrogen-bond acceptors (Lipinski definition) is 2. The van der Waals surface area contributed by atoms with Gasteiger partial charge in [0.1, 0.15) is 0 Å².